The van der Waals surface area contributed by atoms with Gasteiger partial charge in [-0.05, 0) is 116 Å². The zero-order chi connectivity index (χ0) is 34.6. The predicted octanol–water partition coefficient (Wildman–Crippen LogP) is 6.76. The van der Waals surface area contributed by atoms with Crippen molar-refractivity contribution in [1.29, 1.82) is 0 Å². The number of rotatable bonds is 5. The van der Waals surface area contributed by atoms with E-state index in [1.807, 2.05) is 18.7 Å². The molecule has 5 aliphatic carbocycles. The van der Waals surface area contributed by atoms with Crippen LogP contribution in [0.15, 0.2) is 0 Å². The average Bonchev–Trinajstić information content (AvgIpc) is 3.60. The third kappa shape index (κ3) is 5.59. The van der Waals surface area contributed by atoms with E-state index in [2.05, 4.69) is 45.3 Å². The topological polar surface area (TPSA) is 109 Å². The first-order valence-electron chi connectivity index (χ1n) is 19.7. The van der Waals surface area contributed by atoms with E-state index in [-0.39, 0.29) is 47.9 Å². The van der Waals surface area contributed by atoms with Crippen molar-refractivity contribution in [2.75, 3.05) is 33.3 Å². The summed E-state index contributed by atoms with van der Waals surface area (Å²) in [7, 11) is 1.00. The number of amides is 2. The summed E-state index contributed by atoms with van der Waals surface area (Å²) in [6.45, 7) is 19.1. The van der Waals surface area contributed by atoms with E-state index in [9.17, 15) is 9.59 Å². The van der Waals surface area contributed by atoms with Gasteiger partial charge in [-0.25, -0.2) is 9.59 Å². The molecule has 5 unspecified atom stereocenters. The predicted molar refractivity (Wildman–Crippen MR) is 186 cm³/mol. The Morgan fingerprint density at radius 2 is 1.62 bits per heavy atom. The molecule has 8 fully saturated rings. The molecule has 3 heterocycles. The van der Waals surface area contributed by atoms with Gasteiger partial charge in [0.15, 0.2) is 0 Å². The first kappa shape index (κ1) is 36.2. The van der Waals surface area contributed by atoms with E-state index >= 15 is 0 Å². The van der Waals surface area contributed by atoms with Crippen molar-refractivity contribution >= 4 is 12.2 Å². The highest BCUT2D eigenvalue weighted by molar-refractivity contribution is 5.69. The summed E-state index contributed by atoms with van der Waals surface area (Å²) in [5.41, 5.74) is 1.26. The van der Waals surface area contributed by atoms with Crippen molar-refractivity contribution in [2.24, 2.45) is 51.2 Å². The molecular weight excluding hydrogens is 606 g/mol. The molecule has 48 heavy (non-hydrogen) atoms. The molecule has 0 aromatic rings. The highest BCUT2D eigenvalue weighted by Gasteiger charge is 2.81. The van der Waals surface area contributed by atoms with Crippen molar-refractivity contribution < 1.29 is 28.9 Å². The Hall–Kier alpha value is -1.58. The molecule has 274 valence electrons. The Kier molecular flexibility index (Phi) is 10.2. The standard InChI is InChI=1S/C36H57N3O5.C2H6.CH4O/c1-21(2)30(44-32(41)39-15-6-16-39)26-9-7-24-27(42-26)17-25-23-8-10-28-33(3,4)29(43-31(40)38-22-18-37-19-22)11-12-36(28)20-35(23,36)14-13-34(24,25)5;2*1-2/h21-30,37H,6-20H2,1-5H3,(H,38,40);1-2H3;2H,1H3/t23?,24?,25?,26?,27?,28-,29-,30+,34+,35-,36+;;/m0../s1. The minimum atomic E-state index is -0.222. The van der Waals surface area contributed by atoms with Crippen LogP contribution in [0.2, 0.25) is 0 Å². The van der Waals surface area contributed by atoms with Gasteiger partial charge >= 0.3 is 12.2 Å². The van der Waals surface area contributed by atoms with Crippen LogP contribution in [0.4, 0.5) is 9.59 Å². The fourth-order valence-electron chi connectivity index (χ4n) is 12.8. The van der Waals surface area contributed by atoms with Gasteiger partial charge in [0.25, 0.3) is 0 Å². The molecule has 8 rings (SSSR count). The largest absolute Gasteiger partial charge is 0.446 e. The van der Waals surface area contributed by atoms with E-state index in [4.69, 9.17) is 19.3 Å². The molecule has 2 amide bonds. The minimum Gasteiger partial charge on any atom is -0.446 e. The zero-order valence-electron chi connectivity index (χ0n) is 31.3. The van der Waals surface area contributed by atoms with Crippen LogP contribution in [0.1, 0.15) is 119 Å². The molecule has 0 aromatic heterocycles. The van der Waals surface area contributed by atoms with Crippen LogP contribution in [0.5, 0.6) is 0 Å². The van der Waals surface area contributed by atoms with E-state index in [1.54, 1.807) is 0 Å². The monoisotopic (exact) mass is 674 g/mol. The number of carbonyl (C=O) groups is 2. The van der Waals surface area contributed by atoms with E-state index < -0.39 is 0 Å². The summed E-state index contributed by atoms with van der Waals surface area (Å²) in [5, 5.41) is 13.3. The van der Waals surface area contributed by atoms with Gasteiger partial charge in [-0.2, -0.15) is 0 Å². The fourth-order valence-corrected chi connectivity index (χ4v) is 12.8. The molecular formula is C39H67N3O6. The quantitative estimate of drug-likeness (QED) is 0.296. The summed E-state index contributed by atoms with van der Waals surface area (Å²) >= 11 is 0. The average molecular weight is 674 g/mol. The second-order valence-electron chi connectivity index (χ2n) is 17.7. The lowest BCUT2D eigenvalue weighted by molar-refractivity contribution is -0.151. The Morgan fingerprint density at radius 3 is 2.25 bits per heavy atom. The number of aliphatic hydroxyl groups is 1. The molecule has 9 heteroatoms. The van der Waals surface area contributed by atoms with Crippen LogP contribution in [0, 0.1) is 51.2 Å². The first-order valence-corrected chi connectivity index (χ1v) is 19.7. The summed E-state index contributed by atoms with van der Waals surface area (Å²) in [4.78, 5) is 27.4. The molecule has 0 bridgehead atoms. The lowest BCUT2D eigenvalue weighted by Gasteiger charge is -2.59. The van der Waals surface area contributed by atoms with Crippen molar-refractivity contribution in [3.63, 3.8) is 0 Å². The van der Waals surface area contributed by atoms with Gasteiger partial charge in [-0.15, -0.1) is 0 Å². The molecule has 0 radical (unpaired) electrons. The maximum absolute atomic E-state index is 12.8. The highest BCUT2D eigenvalue weighted by Crippen LogP contribution is 2.87. The van der Waals surface area contributed by atoms with Gasteiger partial charge in [-0.1, -0.05) is 48.5 Å². The second kappa shape index (κ2) is 13.5. The van der Waals surface area contributed by atoms with Crippen LogP contribution in [0.25, 0.3) is 0 Å². The Bertz CT molecular complexity index is 1170. The summed E-state index contributed by atoms with van der Waals surface area (Å²) in [6, 6.07) is 0.213. The van der Waals surface area contributed by atoms with E-state index in [0.717, 1.165) is 64.4 Å². The Balaban J connectivity index is 0.000000969. The number of nitrogens with one attached hydrogen (secondary N) is 2. The van der Waals surface area contributed by atoms with Crippen molar-refractivity contribution in [3.05, 3.63) is 0 Å². The molecule has 3 N–H and O–H groups in total. The number of likely N-dealkylation sites (tertiary alicyclic amines) is 1. The summed E-state index contributed by atoms with van der Waals surface area (Å²) < 4.78 is 19.3. The molecule has 0 aromatic carbocycles. The second-order valence-corrected chi connectivity index (χ2v) is 17.7. The van der Waals surface area contributed by atoms with Crippen LogP contribution in [-0.4, -0.2) is 85.9 Å². The van der Waals surface area contributed by atoms with Gasteiger partial charge in [0.1, 0.15) is 12.2 Å². The van der Waals surface area contributed by atoms with Gasteiger partial charge < -0.3 is 34.9 Å². The number of aliphatic hydroxyl groups excluding tert-OH is 1. The van der Waals surface area contributed by atoms with E-state index in [0.29, 0.717) is 34.2 Å². The molecule has 5 saturated carbocycles. The van der Waals surface area contributed by atoms with Crippen molar-refractivity contribution in [3.8, 4) is 0 Å². The number of hydrogen-bond acceptors (Lipinski definition) is 7. The highest BCUT2D eigenvalue weighted by atomic mass is 16.6. The van der Waals surface area contributed by atoms with Crippen LogP contribution >= 0.6 is 0 Å². The van der Waals surface area contributed by atoms with Gasteiger partial charge in [0.2, 0.25) is 0 Å². The molecule has 3 saturated heterocycles. The number of ether oxygens (including phenoxy) is 3. The van der Waals surface area contributed by atoms with E-state index in [1.165, 1.54) is 51.4 Å². The maximum Gasteiger partial charge on any atom is 0.410 e. The SMILES string of the molecule is CC.CC(C)[C@@H](OC(=O)N1CCC1)C1CCC2C(CC3C4CC[C@H]5C(C)(C)[C@@H](OC(=O)NC6CNC6)CC[C@@]56C[C@@]46CC[C@]23C)O1.CO. The first-order chi connectivity index (χ1) is 23.0. The lowest BCUT2D eigenvalue weighted by atomic mass is 9.46. The normalized spacial score (nSPS) is 43.7. The lowest BCUT2D eigenvalue weighted by Crippen LogP contribution is -2.59. The molecule has 11 atom stereocenters. The zero-order valence-corrected chi connectivity index (χ0v) is 31.3. The van der Waals surface area contributed by atoms with Crippen LogP contribution < -0.4 is 10.6 Å². The molecule has 9 nitrogen and oxygen atoms in total. The third-order valence-electron chi connectivity index (χ3n) is 15.3. The van der Waals surface area contributed by atoms with Crippen molar-refractivity contribution in [2.45, 2.75) is 150 Å². The molecule has 2 spiro atoms. The molecule has 8 aliphatic rings. The van der Waals surface area contributed by atoms with Crippen LogP contribution in [-0.2, 0) is 14.2 Å². The summed E-state index contributed by atoms with van der Waals surface area (Å²) in [6.07, 6.45) is 13.1. The minimum absolute atomic E-state index is 0.00186. The Morgan fingerprint density at radius 1 is 0.917 bits per heavy atom. The maximum atomic E-state index is 12.8. The number of fused-ring (bicyclic) bond motifs is 4. The number of hydrogen-bond donors (Lipinski definition) is 3. The van der Waals surface area contributed by atoms with Gasteiger partial charge in [0, 0.05) is 38.7 Å². The fraction of sp³-hybridized carbons (Fsp3) is 0.949. The van der Waals surface area contributed by atoms with Gasteiger partial charge in [-0.3, -0.25) is 0 Å². The van der Waals surface area contributed by atoms with Gasteiger partial charge in [0.05, 0.1) is 18.2 Å². The van der Waals surface area contributed by atoms with Crippen molar-refractivity contribution in [1.82, 2.24) is 15.5 Å². The third-order valence-corrected chi connectivity index (χ3v) is 15.3. The number of nitrogens with zero attached hydrogens (tertiary/aromatic N) is 1. The number of alkyl carbamates (subject to hydrolysis) is 1. The summed E-state index contributed by atoms with van der Waals surface area (Å²) in [5.74, 6) is 3.01. The molecule has 3 aliphatic heterocycles. The van der Waals surface area contributed by atoms with Crippen LogP contribution in [0.3, 0.4) is 0 Å². The number of carbonyl (C=O) groups excluding carboxylic acids is 2. The smallest absolute Gasteiger partial charge is 0.410 e. The Labute approximate surface area is 290 Å².